The first kappa shape index (κ1) is 11.9. The van der Waals surface area contributed by atoms with Crippen LogP contribution in [-0.4, -0.2) is 34.1 Å². The first-order valence-electron chi connectivity index (χ1n) is 5.39. The Morgan fingerprint density at radius 2 is 2.35 bits per heavy atom. The molecule has 0 bridgehead atoms. The fourth-order valence-electron chi connectivity index (χ4n) is 2.04. The van der Waals surface area contributed by atoms with Crippen molar-refractivity contribution in [2.24, 2.45) is 0 Å². The summed E-state index contributed by atoms with van der Waals surface area (Å²) in [7, 11) is 0. The smallest absolute Gasteiger partial charge is 0.276 e. The number of nitro groups is 1. The van der Waals surface area contributed by atoms with E-state index in [9.17, 15) is 19.6 Å². The van der Waals surface area contributed by atoms with Crippen LogP contribution < -0.4 is 0 Å². The molecule has 2 rings (SSSR count). The van der Waals surface area contributed by atoms with Crippen LogP contribution in [0.2, 0.25) is 0 Å². The number of aliphatic hydroxyl groups is 1. The summed E-state index contributed by atoms with van der Waals surface area (Å²) in [6, 6.07) is 3.58. The van der Waals surface area contributed by atoms with E-state index in [1.807, 2.05) is 4.90 Å². The molecule has 5 nitrogen and oxygen atoms in total. The molecule has 92 valence electrons. The van der Waals surface area contributed by atoms with Gasteiger partial charge in [0.05, 0.1) is 17.1 Å². The summed E-state index contributed by atoms with van der Waals surface area (Å²) in [4.78, 5) is 12.1. The van der Waals surface area contributed by atoms with Gasteiger partial charge >= 0.3 is 0 Å². The molecular formula is C11H13FN2O3. The van der Waals surface area contributed by atoms with Gasteiger partial charge in [-0.25, -0.2) is 4.39 Å². The van der Waals surface area contributed by atoms with Crippen LogP contribution in [0.15, 0.2) is 18.2 Å². The minimum absolute atomic E-state index is 0.202. The maximum atomic E-state index is 12.9. The number of aliphatic hydroxyl groups excluding tert-OH is 1. The SMILES string of the molecule is O=[N+]([O-])c1cc(F)ccc1CN1CC[C@@H](O)C1. The van der Waals surface area contributed by atoms with Crippen molar-refractivity contribution in [3.63, 3.8) is 0 Å². The van der Waals surface area contributed by atoms with E-state index < -0.39 is 10.7 Å². The monoisotopic (exact) mass is 240 g/mol. The highest BCUT2D eigenvalue weighted by Crippen LogP contribution is 2.23. The summed E-state index contributed by atoms with van der Waals surface area (Å²) in [5.74, 6) is -0.609. The molecule has 0 spiro atoms. The van der Waals surface area contributed by atoms with Crippen LogP contribution in [0.4, 0.5) is 10.1 Å². The van der Waals surface area contributed by atoms with Gasteiger partial charge in [-0.3, -0.25) is 15.0 Å². The van der Waals surface area contributed by atoms with Crippen LogP contribution in [0.25, 0.3) is 0 Å². The summed E-state index contributed by atoms with van der Waals surface area (Å²) in [5, 5.41) is 20.1. The molecule has 17 heavy (non-hydrogen) atoms. The standard InChI is InChI=1S/C11H13FN2O3/c12-9-2-1-8(11(5-9)14(16)17)6-13-4-3-10(15)7-13/h1-2,5,10,15H,3-4,6-7H2/t10-/m1/s1. The number of hydrogen-bond donors (Lipinski definition) is 1. The molecule has 1 fully saturated rings. The van der Waals surface area contributed by atoms with Crippen molar-refractivity contribution in [3.8, 4) is 0 Å². The van der Waals surface area contributed by atoms with Gasteiger partial charge in [-0.05, 0) is 18.6 Å². The van der Waals surface area contributed by atoms with E-state index in [-0.39, 0.29) is 11.8 Å². The average molecular weight is 240 g/mol. The van der Waals surface area contributed by atoms with Gasteiger partial charge in [-0.1, -0.05) is 0 Å². The Morgan fingerprint density at radius 1 is 1.59 bits per heavy atom. The predicted molar refractivity (Wildman–Crippen MR) is 59.0 cm³/mol. The zero-order chi connectivity index (χ0) is 12.4. The number of nitrogens with zero attached hydrogens (tertiary/aromatic N) is 2. The highest BCUT2D eigenvalue weighted by Gasteiger charge is 2.23. The lowest BCUT2D eigenvalue weighted by molar-refractivity contribution is -0.385. The van der Waals surface area contributed by atoms with Crippen molar-refractivity contribution in [1.29, 1.82) is 0 Å². The highest BCUT2D eigenvalue weighted by molar-refractivity contribution is 5.40. The number of rotatable bonds is 3. The van der Waals surface area contributed by atoms with Crippen molar-refractivity contribution in [3.05, 3.63) is 39.7 Å². The van der Waals surface area contributed by atoms with Crippen LogP contribution in [0.5, 0.6) is 0 Å². The molecule has 1 N–H and O–H groups in total. The summed E-state index contributed by atoms with van der Waals surface area (Å²) < 4.78 is 12.9. The fourth-order valence-corrected chi connectivity index (χ4v) is 2.04. The van der Waals surface area contributed by atoms with Crippen LogP contribution in [-0.2, 0) is 6.54 Å². The topological polar surface area (TPSA) is 66.6 Å². The molecule has 1 aromatic rings. The molecule has 0 aliphatic carbocycles. The lowest BCUT2D eigenvalue weighted by atomic mass is 10.1. The Morgan fingerprint density at radius 3 is 2.94 bits per heavy atom. The van der Waals surface area contributed by atoms with Crippen molar-refractivity contribution >= 4 is 5.69 Å². The molecule has 0 radical (unpaired) electrons. The highest BCUT2D eigenvalue weighted by atomic mass is 19.1. The lowest BCUT2D eigenvalue weighted by Crippen LogP contribution is -2.22. The van der Waals surface area contributed by atoms with Gasteiger partial charge in [0.2, 0.25) is 0 Å². The first-order valence-corrected chi connectivity index (χ1v) is 5.39. The molecule has 1 aliphatic heterocycles. The van der Waals surface area contributed by atoms with Crippen molar-refractivity contribution in [2.45, 2.75) is 19.1 Å². The van der Waals surface area contributed by atoms with Gasteiger partial charge in [-0.15, -0.1) is 0 Å². The van der Waals surface area contributed by atoms with E-state index >= 15 is 0 Å². The number of benzene rings is 1. The van der Waals surface area contributed by atoms with Crippen molar-refractivity contribution in [2.75, 3.05) is 13.1 Å². The van der Waals surface area contributed by atoms with E-state index in [1.165, 1.54) is 12.1 Å². The number of hydrogen-bond acceptors (Lipinski definition) is 4. The Hall–Kier alpha value is -1.53. The minimum atomic E-state index is -0.609. The summed E-state index contributed by atoms with van der Waals surface area (Å²) in [6.45, 7) is 1.58. The lowest BCUT2D eigenvalue weighted by Gasteiger charge is -2.14. The summed E-state index contributed by atoms with van der Waals surface area (Å²) in [5.41, 5.74) is 0.275. The second-order valence-corrected chi connectivity index (χ2v) is 4.21. The zero-order valence-electron chi connectivity index (χ0n) is 9.17. The molecule has 1 aromatic carbocycles. The molecule has 1 atom stereocenters. The molecular weight excluding hydrogens is 227 g/mol. The Kier molecular flexibility index (Phi) is 3.35. The molecule has 1 heterocycles. The van der Waals surface area contributed by atoms with Gasteiger partial charge in [0.15, 0.2) is 0 Å². The van der Waals surface area contributed by atoms with Gasteiger partial charge < -0.3 is 5.11 Å². The van der Waals surface area contributed by atoms with Crippen LogP contribution in [0.1, 0.15) is 12.0 Å². The molecule has 0 amide bonds. The fraction of sp³-hybridized carbons (Fsp3) is 0.455. The second-order valence-electron chi connectivity index (χ2n) is 4.21. The van der Waals surface area contributed by atoms with E-state index in [0.29, 0.717) is 31.6 Å². The normalized spacial score (nSPS) is 20.7. The van der Waals surface area contributed by atoms with E-state index in [4.69, 9.17) is 0 Å². The Balaban J connectivity index is 2.17. The Bertz CT molecular complexity index is 439. The van der Waals surface area contributed by atoms with Crippen molar-refractivity contribution < 1.29 is 14.4 Å². The number of likely N-dealkylation sites (tertiary alicyclic amines) is 1. The molecule has 1 saturated heterocycles. The molecule has 6 heteroatoms. The predicted octanol–water partition coefficient (Wildman–Crippen LogP) is 1.30. The first-order chi connectivity index (χ1) is 8.06. The third-order valence-corrected chi connectivity index (χ3v) is 2.89. The summed E-state index contributed by atoms with van der Waals surface area (Å²) in [6.07, 6.45) is 0.309. The molecule has 0 unspecified atom stereocenters. The van der Waals surface area contributed by atoms with Crippen molar-refractivity contribution in [1.82, 2.24) is 4.90 Å². The van der Waals surface area contributed by atoms with Crippen LogP contribution >= 0.6 is 0 Å². The quantitative estimate of drug-likeness (QED) is 0.638. The maximum Gasteiger partial charge on any atom is 0.276 e. The molecule has 0 aromatic heterocycles. The number of halogens is 1. The third kappa shape index (κ3) is 2.78. The molecule has 1 aliphatic rings. The van der Waals surface area contributed by atoms with E-state index in [0.717, 1.165) is 6.07 Å². The Labute approximate surface area is 97.6 Å². The van der Waals surface area contributed by atoms with Gasteiger partial charge in [0.1, 0.15) is 5.82 Å². The van der Waals surface area contributed by atoms with E-state index in [1.54, 1.807) is 0 Å². The van der Waals surface area contributed by atoms with Crippen LogP contribution in [0, 0.1) is 15.9 Å². The van der Waals surface area contributed by atoms with Gasteiger partial charge in [-0.2, -0.15) is 0 Å². The third-order valence-electron chi connectivity index (χ3n) is 2.89. The second kappa shape index (κ2) is 4.77. The number of nitro benzene ring substituents is 1. The van der Waals surface area contributed by atoms with Gasteiger partial charge in [0.25, 0.3) is 5.69 Å². The zero-order valence-corrected chi connectivity index (χ0v) is 9.17. The largest absolute Gasteiger partial charge is 0.392 e. The minimum Gasteiger partial charge on any atom is -0.392 e. The van der Waals surface area contributed by atoms with Gasteiger partial charge in [0, 0.05) is 25.2 Å². The average Bonchev–Trinajstić information content (AvgIpc) is 2.66. The maximum absolute atomic E-state index is 12.9. The van der Waals surface area contributed by atoms with Crippen LogP contribution in [0.3, 0.4) is 0 Å². The molecule has 0 saturated carbocycles. The summed E-state index contributed by atoms with van der Waals surface area (Å²) >= 11 is 0. The van der Waals surface area contributed by atoms with E-state index in [2.05, 4.69) is 0 Å². The number of β-amino-alcohol motifs (C(OH)–C–C–N with tert-alkyl or cyclic N) is 1.